The fourth-order valence-electron chi connectivity index (χ4n) is 4.43. The molecule has 1 N–H and O–H groups in total. The van der Waals surface area contributed by atoms with E-state index in [1.54, 1.807) is 17.9 Å². The predicted octanol–water partition coefficient (Wildman–Crippen LogP) is 1.62. The summed E-state index contributed by atoms with van der Waals surface area (Å²) in [6.07, 6.45) is 3.10. The summed E-state index contributed by atoms with van der Waals surface area (Å²) in [4.78, 5) is 48.9. The zero-order chi connectivity index (χ0) is 20.2. The molecular formula is C17H16N4O7. The Bertz CT molecular complexity index is 972. The largest absolute Gasteiger partial charge is 0.463 e. The highest BCUT2D eigenvalue weighted by molar-refractivity contribution is 6.16. The lowest BCUT2D eigenvalue weighted by molar-refractivity contribution is -0.393. The molecule has 1 aromatic rings. The molecule has 1 saturated heterocycles. The molecule has 1 unspecified atom stereocenters. The van der Waals surface area contributed by atoms with Gasteiger partial charge in [-0.05, 0) is 19.8 Å². The van der Waals surface area contributed by atoms with E-state index in [-0.39, 0.29) is 29.5 Å². The first-order chi connectivity index (χ1) is 13.3. The van der Waals surface area contributed by atoms with Crippen LogP contribution in [0.5, 0.6) is 0 Å². The van der Waals surface area contributed by atoms with Crippen LogP contribution in [0.4, 0.5) is 17.1 Å². The van der Waals surface area contributed by atoms with Gasteiger partial charge >= 0.3 is 5.97 Å². The van der Waals surface area contributed by atoms with Crippen LogP contribution in [0.25, 0.3) is 0 Å². The number of hydrogen-bond acceptors (Lipinski definition) is 8. The van der Waals surface area contributed by atoms with Crippen LogP contribution < -0.4 is 5.32 Å². The van der Waals surface area contributed by atoms with E-state index in [0.29, 0.717) is 13.0 Å². The van der Waals surface area contributed by atoms with Crippen LogP contribution >= 0.6 is 0 Å². The van der Waals surface area contributed by atoms with Crippen molar-refractivity contribution in [2.45, 2.75) is 31.3 Å². The molecule has 1 spiro atoms. The first-order valence-corrected chi connectivity index (χ1v) is 8.77. The lowest BCUT2D eigenvalue weighted by Gasteiger charge is -2.34. The lowest BCUT2D eigenvalue weighted by atomic mass is 9.83. The van der Waals surface area contributed by atoms with E-state index in [1.807, 2.05) is 0 Å². The molecule has 1 amide bonds. The molecule has 3 aliphatic rings. The molecule has 1 aromatic carbocycles. The highest BCUT2D eigenvalue weighted by atomic mass is 16.6. The molecule has 28 heavy (non-hydrogen) atoms. The Hall–Kier alpha value is -3.34. The Labute approximate surface area is 158 Å². The van der Waals surface area contributed by atoms with Crippen molar-refractivity contribution in [3.63, 3.8) is 0 Å². The second-order valence-electron chi connectivity index (χ2n) is 6.77. The predicted molar refractivity (Wildman–Crippen MR) is 94.5 cm³/mol. The zero-order valence-electron chi connectivity index (χ0n) is 14.8. The Morgan fingerprint density at radius 3 is 2.75 bits per heavy atom. The molecule has 0 saturated carbocycles. The van der Waals surface area contributed by atoms with E-state index >= 15 is 0 Å². The van der Waals surface area contributed by atoms with Crippen LogP contribution in [0.15, 0.2) is 23.8 Å². The molecule has 11 nitrogen and oxygen atoms in total. The topological polar surface area (TPSA) is 145 Å². The van der Waals surface area contributed by atoms with Crippen molar-refractivity contribution in [1.82, 2.24) is 4.90 Å². The molecule has 4 rings (SSSR count). The molecular weight excluding hydrogens is 372 g/mol. The summed E-state index contributed by atoms with van der Waals surface area (Å²) in [6, 6.07) is 1.71. The SMILES string of the molecule is CCOC(=O)C1=CC2CCCN2[C@]12C(=O)Nc1c([N+](=O)[O-])cc([N+](=O)[O-])cc12. The fourth-order valence-corrected chi connectivity index (χ4v) is 4.43. The number of ether oxygens (including phenoxy) is 1. The van der Waals surface area contributed by atoms with Gasteiger partial charge in [-0.3, -0.25) is 29.9 Å². The summed E-state index contributed by atoms with van der Waals surface area (Å²) in [6.45, 7) is 2.17. The maximum Gasteiger partial charge on any atom is 0.336 e. The lowest BCUT2D eigenvalue weighted by Crippen LogP contribution is -2.51. The summed E-state index contributed by atoms with van der Waals surface area (Å²) in [5, 5.41) is 25.4. The van der Waals surface area contributed by atoms with E-state index < -0.39 is 38.6 Å². The van der Waals surface area contributed by atoms with Gasteiger partial charge in [-0.15, -0.1) is 0 Å². The number of amides is 1. The highest BCUT2D eigenvalue weighted by Crippen LogP contribution is 2.55. The number of hydrogen-bond donors (Lipinski definition) is 1. The number of carbonyl (C=O) groups is 2. The monoisotopic (exact) mass is 388 g/mol. The number of non-ortho nitro benzene ring substituents is 1. The van der Waals surface area contributed by atoms with Crippen molar-refractivity contribution in [1.29, 1.82) is 0 Å². The van der Waals surface area contributed by atoms with E-state index in [0.717, 1.165) is 18.6 Å². The van der Waals surface area contributed by atoms with Crippen LogP contribution in [0.2, 0.25) is 0 Å². The van der Waals surface area contributed by atoms with Gasteiger partial charge in [0, 0.05) is 24.2 Å². The molecule has 1 fully saturated rings. The first kappa shape index (κ1) is 18.0. The molecule has 0 bridgehead atoms. The van der Waals surface area contributed by atoms with Gasteiger partial charge in [-0.25, -0.2) is 4.79 Å². The minimum absolute atomic E-state index is 0.0436. The normalized spacial score (nSPS) is 25.2. The third-order valence-electron chi connectivity index (χ3n) is 5.44. The van der Waals surface area contributed by atoms with Crippen molar-refractivity contribution in [3.05, 3.63) is 49.6 Å². The van der Waals surface area contributed by atoms with Crippen molar-refractivity contribution in [3.8, 4) is 0 Å². The van der Waals surface area contributed by atoms with E-state index in [4.69, 9.17) is 4.74 Å². The van der Waals surface area contributed by atoms with Crippen LogP contribution in [0, 0.1) is 20.2 Å². The van der Waals surface area contributed by atoms with Crippen molar-refractivity contribution < 1.29 is 24.2 Å². The number of nitro groups is 2. The first-order valence-electron chi connectivity index (χ1n) is 8.77. The van der Waals surface area contributed by atoms with Crippen LogP contribution in [0.1, 0.15) is 25.3 Å². The summed E-state index contributed by atoms with van der Waals surface area (Å²) in [5.74, 6) is -1.36. The van der Waals surface area contributed by atoms with Gasteiger partial charge in [-0.1, -0.05) is 6.08 Å². The number of anilines is 1. The minimum atomic E-state index is -1.67. The molecule has 2 atom stereocenters. The molecule has 146 valence electrons. The van der Waals surface area contributed by atoms with Gasteiger partial charge in [0.1, 0.15) is 5.69 Å². The highest BCUT2D eigenvalue weighted by Gasteiger charge is 2.63. The molecule has 3 aliphatic heterocycles. The Morgan fingerprint density at radius 1 is 1.36 bits per heavy atom. The van der Waals surface area contributed by atoms with Crippen molar-refractivity contribution in [2.75, 3.05) is 18.5 Å². The van der Waals surface area contributed by atoms with E-state index in [1.165, 1.54) is 0 Å². The fraction of sp³-hybridized carbons (Fsp3) is 0.412. The van der Waals surface area contributed by atoms with Crippen LogP contribution in [0.3, 0.4) is 0 Å². The third-order valence-corrected chi connectivity index (χ3v) is 5.44. The maximum atomic E-state index is 13.2. The molecule has 0 radical (unpaired) electrons. The molecule has 0 aromatic heterocycles. The zero-order valence-corrected chi connectivity index (χ0v) is 14.8. The molecule has 0 aliphatic carbocycles. The quantitative estimate of drug-likeness (QED) is 0.465. The average molecular weight is 388 g/mol. The van der Waals surface area contributed by atoms with Gasteiger partial charge in [0.05, 0.1) is 28.1 Å². The van der Waals surface area contributed by atoms with Gasteiger partial charge in [0.25, 0.3) is 17.3 Å². The number of nitrogens with zero attached hydrogens (tertiary/aromatic N) is 3. The van der Waals surface area contributed by atoms with Gasteiger partial charge in [0.15, 0.2) is 5.54 Å². The Balaban J connectivity index is 2.01. The number of carbonyl (C=O) groups excluding carboxylic acids is 2. The van der Waals surface area contributed by atoms with Crippen molar-refractivity contribution >= 4 is 28.9 Å². The number of rotatable bonds is 4. The van der Waals surface area contributed by atoms with Gasteiger partial charge < -0.3 is 10.1 Å². The number of nitro benzene ring substituents is 2. The Morgan fingerprint density at radius 2 is 2.11 bits per heavy atom. The maximum absolute atomic E-state index is 13.2. The van der Waals surface area contributed by atoms with Crippen LogP contribution in [-0.4, -0.2) is 45.8 Å². The van der Waals surface area contributed by atoms with Crippen molar-refractivity contribution in [2.24, 2.45) is 0 Å². The van der Waals surface area contributed by atoms with E-state index in [2.05, 4.69) is 5.32 Å². The average Bonchev–Trinajstić information content (AvgIpc) is 3.29. The summed E-state index contributed by atoms with van der Waals surface area (Å²) < 4.78 is 5.11. The second kappa shape index (κ2) is 6.09. The Kier molecular flexibility index (Phi) is 3.93. The van der Waals surface area contributed by atoms with Crippen LogP contribution in [-0.2, 0) is 19.9 Å². The van der Waals surface area contributed by atoms with Gasteiger partial charge in [0.2, 0.25) is 0 Å². The minimum Gasteiger partial charge on any atom is -0.463 e. The smallest absolute Gasteiger partial charge is 0.336 e. The van der Waals surface area contributed by atoms with Gasteiger partial charge in [-0.2, -0.15) is 0 Å². The molecule has 11 heteroatoms. The second-order valence-corrected chi connectivity index (χ2v) is 6.77. The molecule has 3 heterocycles. The summed E-state index contributed by atoms with van der Waals surface area (Å²) >= 11 is 0. The number of esters is 1. The standard InChI is InChI=1S/C17H16N4O7/c1-2-28-15(22)12-6-9-4-3-5-19(9)17(12)11-7-10(20(24)25)8-13(21(26)27)14(11)18-16(17)23/h6-9H,2-5H2,1H3,(H,18,23)/t9?,17-/m0/s1. The number of benzene rings is 1. The summed E-state index contributed by atoms with van der Waals surface area (Å²) in [5.41, 5.74) is -2.80. The number of fused-ring (bicyclic) bond motifs is 4. The van der Waals surface area contributed by atoms with E-state index in [9.17, 15) is 29.8 Å². The number of nitrogens with one attached hydrogen (secondary N) is 1. The third kappa shape index (κ3) is 2.19. The summed E-state index contributed by atoms with van der Waals surface area (Å²) in [7, 11) is 0.